The Morgan fingerprint density at radius 3 is 2.81 bits per heavy atom. The molecule has 0 aliphatic rings. The molecule has 0 saturated carbocycles. The number of rotatable bonds is 6. The van der Waals surface area contributed by atoms with E-state index < -0.39 is 11.6 Å². The molecule has 0 spiro atoms. The lowest BCUT2D eigenvalue weighted by Crippen LogP contribution is -2.00. The maximum atomic E-state index is 13.3. The fraction of sp³-hybridized carbons (Fsp3) is 0.500. The molecule has 1 rings (SSSR count). The molecular formula is C10H14F2N2OS. The van der Waals surface area contributed by atoms with Gasteiger partial charge >= 0.3 is 0 Å². The van der Waals surface area contributed by atoms with Crippen molar-refractivity contribution >= 4 is 17.6 Å². The predicted octanol–water partition coefficient (Wildman–Crippen LogP) is 2.53. The number of hydrogen-bond acceptors (Lipinski definition) is 4. The molecule has 1 aromatic heterocycles. The molecule has 0 aliphatic carbocycles. The minimum atomic E-state index is -0.679. The summed E-state index contributed by atoms with van der Waals surface area (Å²) < 4.78 is 31.2. The van der Waals surface area contributed by atoms with E-state index in [1.165, 1.54) is 11.8 Å². The van der Waals surface area contributed by atoms with Crippen molar-refractivity contribution in [1.29, 1.82) is 0 Å². The first kappa shape index (κ1) is 13.2. The standard InChI is InChI=1S/C10H14F2N2OS/c1-13-9-7(11)6-8(12)10(14-9)16-5-3-4-15-2/h6H,3-5H2,1-2H3,(H,13,14). The molecule has 0 unspecified atom stereocenters. The van der Waals surface area contributed by atoms with Crippen molar-refractivity contribution in [2.75, 3.05) is 31.8 Å². The quantitative estimate of drug-likeness (QED) is 0.619. The highest BCUT2D eigenvalue weighted by Crippen LogP contribution is 2.24. The van der Waals surface area contributed by atoms with Crippen molar-refractivity contribution in [3.8, 4) is 0 Å². The molecule has 1 aromatic rings. The maximum Gasteiger partial charge on any atom is 0.168 e. The van der Waals surface area contributed by atoms with Crippen LogP contribution in [0.3, 0.4) is 0 Å². The Kier molecular flexibility index (Phi) is 5.48. The molecule has 0 radical (unpaired) electrons. The summed E-state index contributed by atoms with van der Waals surface area (Å²) in [5, 5.41) is 2.78. The number of methoxy groups -OCH3 is 1. The van der Waals surface area contributed by atoms with E-state index in [1.807, 2.05) is 0 Å². The zero-order valence-electron chi connectivity index (χ0n) is 9.22. The predicted molar refractivity (Wildman–Crippen MR) is 60.9 cm³/mol. The molecule has 0 atom stereocenters. The number of aromatic nitrogens is 1. The molecule has 90 valence electrons. The van der Waals surface area contributed by atoms with Crippen molar-refractivity contribution in [2.45, 2.75) is 11.4 Å². The first-order valence-corrected chi connectivity index (χ1v) is 5.83. The summed E-state index contributed by atoms with van der Waals surface area (Å²) in [5.41, 5.74) is 0. The number of nitrogens with zero attached hydrogens (tertiary/aromatic N) is 1. The molecule has 0 bridgehead atoms. The highest BCUT2D eigenvalue weighted by Gasteiger charge is 2.10. The Balaban J connectivity index is 2.64. The van der Waals surface area contributed by atoms with Gasteiger partial charge in [0.05, 0.1) is 0 Å². The van der Waals surface area contributed by atoms with E-state index >= 15 is 0 Å². The van der Waals surface area contributed by atoms with E-state index in [9.17, 15) is 8.78 Å². The van der Waals surface area contributed by atoms with Gasteiger partial charge in [0.15, 0.2) is 17.5 Å². The van der Waals surface area contributed by atoms with Crippen LogP contribution in [0.5, 0.6) is 0 Å². The third-order valence-corrected chi connectivity index (χ3v) is 2.92. The average Bonchev–Trinajstić information content (AvgIpc) is 2.27. The molecule has 0 saturated heterocycles. The van der Waals surface area contributed by atoms with Gasteiger partial charge in [0.1, 0.15) is 5.03 Å². The van der Waals surface area contributed by atoms with Crippen molar-refractivity contribution in [2.24, 2.45) is 0 Å². The van der Waals surface area contributed by atoms with Crippen LogP contribution in [-0.2, 0) is 4.74 Å². The third-order valence-electron chi connectivity index (χ3n) is 1.87. The SMILES string of the molecule is CNc1nc(SCCCOC)c(F)cc1F. The van der Waals surface area contributed by atoms with E-state index in [4.69, 9.17) is 4.74 Å². The van der Waals surface area contributed by atoms with Crippen LogP contribution in [0.15, 0.2) is 11.1 Å². The third kappa shape index (κ3) is 3.61. The van der Waals surface area contributed by atoms with Gasteiger partial charge in [-0.25, -0.2) is 13.8 Å². The fourth-order valence-electron chi connectivity index (χ4n) is 1.10. The smallest absolute Gasteiger partial charge is 0.168 e. The van der Waals surface area contributed by atoms with E-state index in [1.54, 1.807) is 14.2 Å². The summed E-state index contributed by atoms with van der Waals surface area (Å²) in [5.74, 6) is -0.553. The van der Waals surface area contributed by atoms with Crippen molar-refractivity contribution in [1.82, 2.24) is 4.98 Å². The molecule has 0 amide bonds. The zero-order valence-corrected chi connectivity index (χ0v) is 10.0. The van der Waals surface area contributed by atoms with Crippen molar-refractivity contribution in [3.63, 3.8) is 0 Å². The van der Waals surface area contributed by atoms with E-state index in [2.05, 4.69) is 10.3 Å². The Morgan fingerprint density at radius 2 is 2.19 bits per heavy atom. The number of nitrogens with one attached hydrogen (secondary N) is 1. The van der Waals surface area contributed by atoms with E-state index in [-0.39, 0.29) is 10.8 Å². The zero-order chi connectivity index (χ0) is 12.0. The summed E-state index contributed by atoms with van der Waals surface area (Å²) in [6.45, 7) is 0.620. The second-order valence-corrected chi connectivity index (χ2v) is 4.13. The Morgan fingerprint density at radius 1 is 1.44 bits per heavy atom. The van der Waals surface area contributed by atoms with E-state index in [0.717, 1.165) is 12.5 Å². The Hall–Kier alpha value is -0.880. The molecule has 6 heteroatoms. The summed E-state index contributed by atoms with van der Waals surface area (Å²) in [4.78, 5) is 3.85. The molecule has 0 aliphatic heterocycles. The van der Waals surface area contributed by atoms with Gasteiger partial charge in [0.2, 0.25) is 0 Å². The average molecular weight is 248 g/mol. The van der Waals surface area contributed by atoms with Gasteiger partial charge in [-0.3, -0.25) is 0 Å². The maximum absolute atomic E-state index is 13.3. The highest BCUT2D eigenvalue weighted by molar-refractivity contribution is 7.99. The van der Waals surface area contributed by atoms with Crippen LogP contribution in [0, 0.1) is 11.6 Å². The van der Waals surface area contributed by atoms with Crippen molar-refractivity contribution < 1.29 is 13.5 Å². The molecule has 0 fully saturated rings. The lowest BCUT2D eigenvalue weighted by molar-refractivity contribution is 0.200. The normalized spacial score (nSPS) is 10.5. The minimum absolute atomic E-state index is 0.0654. The van der Waals surface area contributed by atoms with Gasteiger partial charge in [-0.1, -0.05) is 0 Å². The molecular weight excluding hydrogens is 234 g/mol. The molecule has 1 N–H and O–H groups in total. The minimum Gasteiger partial charge on any atom is -0.385 e. The van der Waals surface area contributed by atoms with E-state index in [0.29, 0.717) is 12.4 Å². The first-order chi connectivity index (χ1) is 7.69. The van der Waals surface area contributed by atoms with Gasteiger partial charge in [-0.15, -0.1) is 11.8 Å². The molecule has 16 heavy (non-hydrogen) atoms. The van der Waals surface area contributed by atoms with Crippen molar-refractivity contribution in [3.05, 3.63) is 17.7 Å². The van der Waals surface area contributed by atoms with Crippen LogP contribution < -0.4 is 5.32 Å². The summed E-state index contributed by atoms with van der Waals surface area (Å²) in [7, 11) is 3.16. The van der Waals surface area contributed by atoms with Gasteiger partial charge in [-0.2, -0.15) is 0 Å². The molecule has 0 aromatic carbocycles. The van der Waals surface area contributed by atoms with Gasteiger partial charge in [0.25, 0.3) is 0 Å². The second-order valence-electron chi connectivity index (χ2n) is 3.05. The number of ether oxygens (including phenoxy) is 1. The Labute approximate surface area is 97.6 Å². The van der Waals surface area contributed by atoms with Gasteiger partial charge in [0, 0.05) is 32.6 Å². The number of thioether (sulfide) groups is 1. The van der Waals surface area contributed by atoms with Crippen LogP contribution >= 0.6 is 11.8 Å². The van der Waals surface area contributed by atoms with Gasteiger partial charge < -0.3 is 10.1 Å². The summed E-state index contributed by atoms with van der Waals surface area (Å²) >= 11 is 1.25. The summed E-state index contributed by atoms with van der Waals surface area (Å²) in [6, 6.07) is 0.845. The monoisotopic (exact) mass is 248 g/mol. The number of anilines is 1. The number of hydrogen-bond donors (Lipinski definition) is 1. The highest BCUT2D eigenvalue weighted by atomic mass is 32.2. The second kappa shape index (κ2) is 6.65. The van der Waals surface area contributed by atoms with Crippen LogP contribution in [0.25, 0.3) is 0 Å². The molecule has 1 heterocycles. The first-order valence-electron chi connectivity index (χ1n) is 4.84. The molecule has 3 nitrogen and oxygen atoms in total. The summed E-state index contributed by atoms with van der Waals surface area (Å²) in [6.07, 6.45) is 0.800. The number of pyridine rings is 1. The lowest BCUT2D eigenvalue weighted by atomic mass is 10.4. The van der Waals surface area contributed by atoms with Gasteiger partial charge in [-0.05, 0) is 6.42 Å². The largest absolute Gasteiger partial charge is 0.385 e. The lowest BCUT2D eigenvalue weighted by Gasteiger charge is -2.06. The van der Waals surface area contributed by atoms with Crippen LogP contribution in [0.2, 0.25) is 0 Å². The number of halogens is 2. The van der Waals surface area contributed by atoms with Crippen LogP contribution in [0.1, 0.15) is 6.42 Å². The fourth-order valence-corrected chi connectivity index (χ4v) is 1.91. The topological polar surface area (TPSA) is 34.2 Å². The van der Waals surface area contributed by atoms with Crippen LogP contribution in [-0.4, -0.2) is 31.5 Å². The Bertz CT molecular complexity index is 350. The van der Waals surface area contributed by atoms with Crippen LogP contribution in [0.4, 0.5) is 14.6 Å².